The quantitative estimate of drug-likeness (QED) is 0.250. The predicted molar refractivity (Wildman–Crippen MR) is 77.2 cm³/mol. The minimum Gasteiger partial charge on any atom is -0.466 e. The predicted octanol–water partition coefficient (Wildman–Crippen LogP) is 3.73. The van der Waals surface area contributed by atoms with E-state index in [0.29, 0.717) is 12.0 Å². The molecule has 0 amide bonds. The number of hydrogen-bond donors (Lipinski definition) is 0. The number of nitro benzene ring substituents is 1. The molecule has 0 aliphatic heterocycles. The molecule has 108 valence electrons. The molecule has 0 radical (unpaired) electrons. The molecule has 1 rings (SSSR count). The summed E-state index contributed by atoms with van der Waals surface area (Å²) in [7, 11) is 1.32. The Morgan fingerprint density at radius 3 is 2.75 bits per heavy atom. The molecule has 0 unspecified atom stereocenters. The second-order valence-corrected chi connectivity index (χ2v) is 4.46. The lowest BCUT2D eigenvalue weighted by molar-refractivity contribution is -0.384. The Kier molecular flexibility index (Phi) is 6.43. The monoisotopic (exact) mass is 277 g/mol. The number of nitrogens with zero attached hydrogens (tertiary/aromatic N) is 1. The van der Waals surface area contributed by atoms with Crippen molar-refractivity contribution >= 4 is 17.2 Å². The van der Waals surface area contributed by atoms with Gasteiger partial charge < -0.3 is 4.74 Å². The van der Waals surface area contributed by atoms with Crippen LogP contribution in [0.4, 0.5) is 5.69 Å². The molecule has 0 atom stereocenters. The molecule has 1 aromatic carbocycles. The van der Waals surface area contributed by atoms with E-state index >= 15 is 0 Å². The second-order valence-electron chi connectivity index (χ2n) is 4.46. The number of allylic oxidation sites excluding steroid dienone is 1. The minimum atomic E-state index is -0.442. The third-order valence-corrected chi connectivity index (χ3v) is 2.97. The van der Waals surface area contributed by atoms with Crippen LogP contribution >= 0.6 is 0 Å². The number of hydrogen-bond acceptors (Lipinski definition) is 4. The SMILES string of the molecule is CCCCC/C(=C\C(=O)OC)c1cccc([N+](=O)[O-])c1. The number of esters is 1. The van der Waals surface area contributed by atoms with Gasteiger partial charge in [0.1, 0.15) is 0 Å². The van der Waals surface area contributed by atoms with E-state index in [2.05, 4.69) is 11.7 Å². The Labute approximate surface area is 118 Å². The van der Waals surface area contributed by atoms with E-state index in [-0.39, 0.29) is 5.69 Å². The highest BCUT2D eigenvalue weighted by atomic mass is 16.6. The Bertz CT molecular complexity index is 508. The van der Waals surface area contributed by atoms with Gasteiger partial charge in [0.25, 0.3) is 5.69 Å². The Balaban J connectivity index is 3.03. The van der Waals surface area contributed by atoms with Crippen LogP contribution in [-0.4, -0.2) is 18.0 Å². The number of ether oxygens (including phenoxy) is 1. The first-order valence-corrected chi connectivity index (χ1v) is 6.61. The van der Waals surface area contributed by atoms with E-state index in [9.17, 15) is 14.9 Å². The maximum absolute atomic E-state index is 11.4. The molecular weight excluding hydrogens is 258 g/mol. The van der Waals surface area contributed by atoms with Crippen molar-refractivity contribution in [2.75, 3.05) is 7.11 Å². The van der Waals surface area contributed by atoms with Gasteiger partial charge in [-0.3, -0.25) is 10.1 Å². The van der Waals surface area contributed by atoms with Gasteiger partial charge in [-0.1, -0.05) is 31.9 Å². The van der Waals surface area contributed by atoms with Crippen molar-refractivity contribution in [1.29, 1.82) is 0 Å². The fourth-order valence-corrected chi connectivity index (χ4v) is 1.89. The zero-order valence-electron chi connectivity index (χ0n) is 11.8. The molecule has 0 fully saturated rings. The summed E-state index contributed by atoms with van der Waals surface area (Å²) >= 11 is 0. The van der Waals surface area contributed by atoms with E-state index < -0.39 is 10.9 Å². The van der Waals surface area contributed by atoms with Crippen molar-refractivity contribution in [2.24, 2.45) is 0 Å². The van der Waals surface area contributed by atoms with Gasteiger partial charge >= 0.3 is 5.97 Å². The third-order valence-electron chi connectivity index (χ3n) is 2.97. The van der Waals surface area contributed by atoms with Crippen molar-refractivity contribution in [3.8, 4) is 0 Å². The van der Waals surface area contributed by atoms with Crippen LogP contribution in [-0.2, 0) is 9.53 Å². The molecule has 0 saturated carbocycles. The maximum Gasteiger partial charge on any atom is 0.330 e. The van der Waals surface area contributed by atoms with Gasteiger partial charge in [-0.15, -0.1) is 0 Å². The first-order chi connectivity index (χ1) is 9.58. The normalized spacial score (nSPS) is 11.2. The highest BCUT2D eigenvalue weighted by Gasteiger charge is 2.10. The number of carbonyl (C=O) groups excluding carboxylic acids is 1. The van der Waals surface area contributed by atoms with Crippen molar-refractivity contribution in [3.63, 3.8) is 0 Å². The van der Waals surface area contributed by atoms with Gasteiger partial charge in [-0.2, -0.15) is 0 Å². The zero-order chi connectivity index (χ0) is 15.0. The molecule has 0 bridgehead atoms. The molecule has 0 saturated heterocycles. The first-order valence-electron chi connectivity index (χ1n) is 6.61. The van der Waals surface area contributed by atoms with Crippen LogP contribution in [0.3, 0.4) is 0 Å². The average molecular weight is 277 g/mol. The van der Waals surface area contributed by atoms with E-state index in [1.54, 1.807) is 12.1 Å². The van der Waals surface area contributed by atoms with Crippen molar-refractivity contribution in [2.45, 2.75) is 32.6 Å². The van der Waals surface area contributed by atoms with Crippen LogP contribution in [0.2, 0.25) is 0 Å². The lowest BCUT2D eigenvalue weighted by Crippen LogP contribution is -1.98. The van der Waals surface area contributed by atoms with Crippen LogP contribution in [0.1, 0.15) is 38.2 Å². The number of benzene rings is 1. The molecule has 5 nitrogen and oxygen atoms in total. The summed E-state index contributed by atoms with van der Waals surface area (Å²) in [6.07, 6.45) is 5.16. The van der Waals surface area contributed by atoms with Crippen molar-refractivity contribution in [1.82, 2.24) is 0 Å². The summed E-state index contributed by atoms with van der Waals surface area (Å²) in [5.74, 6) is -0.442. The Morgan fingerprint density at radius 1 is 1.40 bits per heavy atom. The highest BCUT2D eigenvalue weighted by Crippen LogP contribution is 2.24. The number of non-ortho nitro benzene ring substituents is 1. The zero-order valence-corrected chi connectivity index (χ0v) is 11.8. The van der Waals surface area contributed by atoms with Gasteiger partial charge in [0.05, 0.1) is 12.0 Å². The summed E-state index contributed by atoms with van der Waals surface area (Å²) in [5.41, 5.74) is 1.49. The van der Waals surface area contributed by atoms with Gasteiger partial charge in [0, 0.05) is 18.2 Å². The molecular formula is C15H19NO4. The molecule has 0 heterocycles. The number of unbranched alkanes of at least 4 members (excludes halogenated alkanes) is 2. The fourth-order valence-electron chi connectivity index (χ4n) is 1.89. The molecule has 20 heavy (non-hydrogen) atoms. The average Bonchev–Trinajstić information content (AvgIpc) is 2.46. The molecule has 0 aliphatic carbocycles. The van der Waals surface area contributed by atoms with E-state index in [1.165, 1.54) is 25.3 Å². The Morgan fingerprint density at radius 2 is 2.15 bits per heavy atom. The summed E-state index contributed by atoms with van der Waals surface area (Å²) in [6.45, 7) is 2.09. The van der Waals surface area contributed by atoms with E-state index in [1.807, 2.05) is 0 Å². The van der Waals surface area contributed by atoms with Gasteiger partial charge in [-0.05, 0) is 24.0 Å². The summed E-state index contributed by atoms with van der Waals surface area (Å²) in [6, 6.07) is 6.32. The molecule has 0 N–H and O–H groups in total. The molecule has 0 spiro atoms. The van der Waals surface area contributed by atoms with E-state index in [0.717, 1.165) is 24.8 Å². The van der Waals surface area contributed by atoms with Crippen molar-refractivity contribution in [3.05, 3.63) is 46.0 Å². The van der Waals surface area contributed by atoms with Crippen LogP contribution in [0.5, 0.6) is 0 Å². The van der Waals surface area contributed by atoms with Crippen LogP contribution in [0.15, 0.2) is 30.3 Å². The second kappa shape index (κ2) is 8.09. The van der Waals surface area contributed by atoms with Crippen molar-refractivity contribution < 1.29 is 14.5 Å². The Hall–Kier alpha value is -2.17. The molecule has 1 aromatic rings. The standard InChI is InChI=1S/C15H19NO4/c1-3-4-5-7-13(11-15(17)20-2)12-8-6-9-14(10-12)16(18)19/h6,8-11H,3-5,7H2,1-2H3/b13-11+. The van der Waals surface area contributed by atoms with Gasteiger partial charge in [0.15, 0.2) is 0 Å². The highest BCUT2D eigenvalue weighted by molar-refractivity contribution is 5.91. The maximum atomic E-state index is 11.4. The van der Waals surface area contributed by atoms with Crippen LogP contribution in [0.25, 0.3) is 5.57 Å². The largest absolute Gasteiger partial charge is 0.466 e. The van der Waals surface area contributed by atoms with Gasteiger partial charge in [0.2, 0.25) is 0 Å². The summed E-state index contributed by atoms with van der Waals surface area (Å²) < 4.78 is 4.64. The van der Waals surface area contributed by atoms with E-state index in [4.69, 9.17) is 0 Å². The summed E-state index contributed by atoms with van der Waals surface area (Å²) in [4.78, 5) is 21.8. The number of rotatable bonds is 7. The van der Waals surface area contributed by atoms with Crippen LogP contribution < -0.4 is 0 Å². The first kappa shape index (κ1) is 15.9. The molecule has 5 heteroatoms. The number of carbonyl (C=O) groups is 1. The lowest BCUT2D eigenvalue weighted by atomic mass is 9.99. The molecule has 0 aliphatic rings. The summed E-state index contributed by atoms with van der Waals surface area (Å²) in [5, 5.41) is 10.8. The lowest BCUT2D eigenvalue weighted by Gasteiger charge is -2.07. The smallest absolute Gasteiger partial charge is 0.330 e. The number of nitro groups is 1. The van der Waals surface area contributed by atoms with Gasteiger partial charge in [-0.25, -0.2) is 4.79 Å². The minimum absolute atomic E-state index is 0.0220. The fraction of sp³-hybridized carbons (Fsp3) is 0.400. The number of methoxy groups -OCH3 is 1. The molecule has 0 aromatic heterocycles. The topological polar surface area (TPSA) is 69.4 Å². The third kappa shape index (κ3) is 4.84. The van der Waals surface area contributed by atoms with Crippen LogP contribution in [0, 0.1) is 10.1 Å².